The number of unbranched alkanes of at least 4 members (excludes halogenated alkanes) is 6. The summed E-state index contributed by atoms with van der Waals surface area (Å²) in [5, 5.41) is 0. The van der Waals surface area contributed by atoms with Crippen LogP contribution in [-0.2, 0) is 0 Å². The van der Waals surface area contributed by atoms with E-state index in [9.17, 15) is 8.78 Å². The highest BCUT2D eigenvalue weighted by atomic mass is 19.3. The van der Waals surface area contributed by atoms with Crippen LogP contribution >= 0.6 is 0 Å². The lowest BCUT2D eigenvalue weighted by molar-refractivity contribution is -0.00811. The second-order valence-corrected chi connectivity index (χ2v) is 5.58. The zero-order valence-electron chi connectivity index (χ0n) is 11.9. The molecule has 0 spiro atoms. The van der Waals surface area contributed by atoms with E-state index in [4.69, 9.17) is 0 Å². The first-order chi connectivity index (χ1) is 8.06. The molecule has 0 radical (unpaired) electrons. The van der Waals surface area contributed by atoms with Gasteiger partial charge < -0.3 is 0 Å². The van der Waals surface area contributed by atoms with Crippen LogP contribution in [0.5, 0.6) is 0 Å². The summed E-state index contributed by atoms with van der Waals surface area (Å²) < 4.78 is 26.2. The fraction of sp³-hybridized carbons (Fsp3) is 1.00. The van der Waals surface area contributed by atoms with Crippen molar-refractivity contribution in [1.29, 1.82) is 0 Å². The van der Waals surface area contributed by atoms with E-state index in [1.54, 1.807) is 6.92 Å². The van der Waals surface area contributed by atoms with Crippen LogP contribution in [0, 0.1) is 5.41 Å². The molecule has 104 valence electrons. The highest BCUT2D eigenvalue weighted by molar-refractivity contribution is 4.77. The smallest absolute Gasteiger partial charge is 0.210 e. The molecule has 0 saturated heterocycles. The van der Waals surface area contributed by atoms with Gasteiger partial charge in [0.25, 0.3) is 0 Å². The van der Waals surface area contributed by atoms with Crippen molar-refractivity contribution >= 4 is 0 Å². The van der Waals surface area contributed by atoms with Gasteiger partial charge in [-0.05, 0) is 12.8 Å². The second-order valence-electron chi connectivity index (χ2n) is 5.58. The predicted molar refractivity (Wildman–Crippen MR) is 71.6 cm³/mol. The Labute approximate surface area is 106 Å². The fourth-order valence-electron chi connectivity index (χ4n) is 2.25. The second kappa shape index (κ2) is 9.85. The van der Waals surface area contributed by atoms with Crippen LogP contribution in [0.2, 0.25) is 0 Å². The average Bonchev–Trinajstić information content (AvgIpc) is 2.30. The molecule has 0 atom stereocenters. The Kier molecular flexibility index (Phi) is 9.76. The summed E-state index contributed by atoms with van der Waals surface area (Å²) >= 11 is 0. The van der Waals surface area contributed by atoms with Crippen molar-refractivity contribution in [2.45, 2.75) is 91.4 Å². The third-order valence-electron chi connectivity index (χ3n) is 3.73. The number of hydrogen-bond acceptors (Lipinski definition) is 0. The number of alkyl halides is 2. The molecule has 0 amide bonds. The normalized spacial score (nSPS) is 12.4. The van der Waals surface area contributed by atoms with Gasteiger partial charge in [0.2, 0.25) is 6.43 Å². The van der Waals surface area contributed by atoms with Crippen LogP contribution in [-0.4, -0.2) is 6.43 Å². The minimum atomic E-state index is -2.16. The molecule has 17 heavy (non-hydrogen) atoms. The first-order valence-corrected chi connectivity index (χ1v) is 7.35. The van der Waals surface area contributed by atoms with Crippen molar-refractivity contribution in [2.24, 2.45) is 5.41 Å². The van der Waals surface area contributed by atoms with Gasteiger partial charge in [0.15, 0.2) is 0 Å². The first kappa shape index (κ1) is 16.9. The number of rotatable bonds is 11. The van der Waals surface area contributed by atoms with Crippen molar-refractivity contribution in [3.8, 4) is 0 Å². The zero-order valence-corrected chi connectivity index (χ0v) is 11.9. The molecule has 0 aromatic carbocycles. The van der Waals surface area contributed by atoms with E-state index in [0.717, 1.165) is 25.7 Å². The number of hydrogen-bond donors (Lipinski definition) is 0. The molecule has 0 aliphatic heterocycles. The highest BCUT2D eigenvalue weighted by Crippen LogP contribution is 2.37. The molecule has 0 aromatic rings. The Morgan fingerprint density at radius 3 is 1.47 bits per heavy atom. The lowest BCUT2D eigenvalue weighted by Gasteiger charge is -2.29. The molecule has 0 unspecified atom stereocenters. The van der Waals surface area contributed by atoms with Gasteiger partial charge in [-0.2, -0.15) is 0 Å². The van der Waals surface area contributed by atoms with Crippen molar-refractivity contribution in [3.63, 3.8) is 0 Å². The zero-order chi connectivity index (χ0) is 13.1. The number of halogens is 2. The van der Waals surface area contributed by atoms with Crippen LogP contribution in [0.3, 0.4) is 0 Å². The van der Waals surface area contributed by atoms with Crippen LogP contribution in [0.4, 0.5) is 8.78 Å². The lowest BCUT2D eigenvalue weighted by Crippen LogP contribution is -2.25. The van der Waals surface area contributed by atoms with Gasteiger partial charge in [0.1, 0.15) is 0 Å². The van der Waals surface area contributed by atoms with Crippen molar-refractivity contribution < 1.29 is 8.78 Å². The van der Waals surface area contributed by atoms with Crippen LogP contribution in [0.15, 0.2) is 0 Å². The Balaban J connectivity index is 3.90. The average molecular weight is 248 g/mol. The molecular weight excluding hydrogens is 218 g/mol. The summed E-state index contributed by atoms with van der Waals surface area (Å²) in [5.74, 6) is 0. The van der Waals surface area contributed by atoms with Crippen LogP contribution in [0.25, 0.3) is 0 Å². The van der Waals surface area contributed by atoms with E-state index >= 15 is 0 Å². The third kappa shape index (κ3) is 7.72. The Morgan fingerprint density at radius 1 is 0.765 bits per heavy atom. The maximum Gasteiger partial charge on any atom is 0.243 e. The van der Waals surface area contributed by atoms with Gasteiger partial charge in [-0.1, -0.05) is 72.1 Å². The van der Waals surface area contributed by atoms with E-state index in [2.05, 4.69) is 13.8 Å². The Morgan fingerprint density at radius 2 is 1.18 bits per heavy atom. The van der Waals surface area contributed by atoms with E-state index in [-0.39, 0.29) is 0 Å². The molecule has 0 fully saturated rings. The van der Waals surface area contributed by atoms with Crippen molar-refractivity contribution in [3.05, 3.63) is 0 Å². The fourth-order valence-corrected chi connectivity index (χ4v) is 2.25. The van der Waals surface area contributed by atoms with E-state index in [0.29, 0.717) is 12.8 Å². The molecular formula is C15H30F2. The Hall–Kier alpha value is -0.140. The topological polar surface area (TPSA) is 0 Å². The minimum Gasteiger partial charge on any atom is -0.210 e. The van der Waals surface area contributed by atoms with Crippen LogP contribution < -0.4 is 0 Å². The molecule has 0 saturated carbocycles. The standard InChI is InChI=1S/C15H30F2/c1-4-6-8-10-12-15(3,14(16)17)13-11-9-7-5-2/h14H,4-13H2,1-3H3. The predicted octanol–water partition coefficient (Wildman–Crippen LogP) is 6.20. The quantitative estimate of drug-likeness (QED) is 0.382. The van der Waals surface area contributed by atoms with Crippen molar-refractivity contribution in [1.82, 2.24) is 0 Å². The molecule has 0 aliphatic carbocycles. The Bertz CT molecular complexity index is 154. The van der Waals surface area contributed by atoms with E-state index < -0.39 is 11.8 Å². The summed E-state index contributed by atoms with van der Waals surface area (Å²) in [6, 6.07) is 0. The first-order valence-electron chi connectivity index (χ1n) is 7.35. The molecule has 0 bridgehead atoms. The van der Waals surface area contributed by atoms with Gasteiger partial charge in [-0.25, -0.2) is 8.78 Å². The van der Waals surface area contributed by atoms with Gasteiger partial charge in [-0.15, -0.1) is 0 Å². The SMILES string of the molecule is CCCCCCC(C)(CCCCCC)C(F)F. The molecule has 0 aliphatic rings. The van der Waals surface area contributed by atoms with E-state index in [1.807, 2.05) is 0 Å². The summed E-state index contributed by atoms with van der Waals surface area (Å²) in [7, 11) is 0. The monoisotopic (exact) mass is 248 g/mol. The molecule has 0 N–H and O–H groups in total. The lowest BCUT2D eigenvalue weighted by atomic mass is 9.80. The minimum absolute atomic E-state index is 0.691. The summed E-state index contributed by atoms with van der Waals surface area (Å²) in [6.07, 6.45) is 8.04. The summed E-state index contributed by atoms with van der Waals surface area (Å²) in [6.45, 7) is 6.07. The maximum atomic E-state index is 13.1. The van der Waals surface area contributed by atoms with Crippen molar-refractivity contribution in [2.75, 3.05) is 0 Å². The van der Waals surface area contributed by atoms with Crippen LogP contribution in [0.1, 0.15) is 85.0 Å². The third-order valence-corrected chi connectivity index (χ3v) is 3.73. The molecule has 0 aromatic heterocycles. The molecule has 0 rings (SSSR count). The summed E-state index contributed by atoms with van der Waals surface area (Å²) in [4.78, 5) is 0. The van der Waals surface area contributed by atoms with Gasteiger partial charge in [-0.3, -0.25) is 0 Å². The highest BCUT2D eigenvalue weighted by Gasteiger charge is 2.33. The largest absolute Gasteiger partial charge is 0.243 e. The molecule has 2 heteroatoms. The summed E-state index contributed by atoms with van der Waals surface area (Å²) in [5.41, 5.74) is -0.735. The van der Waals surface area contributed by atoms with E-state index in [1.165, 1.54) is 25.7 Å². The molecule has 0 heterocycles. The maximum absolute atomic E-state index is 13.1. The van der Waals surface area contributed by atoms with Gasteiger partial charge in [0, 0.05) is 5.41 Å². The van der Waals surface area contributed by atoms with Gasteiger partial charge >= 0.3 is 0 Å². The molecule has 0 nitrogen and oxygen atoms in total. The van der Waals surface area contributed by atoms with Gasteiger partial charge in [0.05, 0.1) is 0 Å².